The summed E-state index contributed by atoms with van der Waals surface area (Å²) < 4.78 is 30.3. The van der Waals surface area contributed by atoms with Crippen LogP contribution in [-0.4, -0.2) is 23.4 Å². The fourth-order valence-electron chi connectivity index (χ4n) is 1.60. The first-order chi connectivity index (χ1) is 9.23. The van der Waals surface area contributed by atoms with E-state index in [-0.39, 0.29) is 5.56 Å². The Bertz CT molecular complexity index is 458. The fraction of sp³-hybridized carbons (Fsp3) is 0.500. The number of aliphatic hydroxyl groups excluding tert-OH is 1. The lowest BCUT2D eigenvalue weighted by Gasteiger charge is -2.23. The van der Waals surface area contributed by atoms with Gasteiger partial charge in [-0.25, -0.2) is 13.6 Å². The van der Waals surface area contributed by atoms with Gasteiger partial charge in [0.2, 0.25) is 0 Å². The molecule has 0 aliphatic heterocycles. The molecule has 6 heteroatoms. The van der Waals surface area contributed by atoms with Gasteiger partial charge in [0.1, 0.15) is 5.60 Å². The van der Waals surface area contributed by atoms with Crippen LogP contribution in [0, 0.1) is 0 Å². The molecular formula is C14H19F2NO3. The van der Waals surface area contributed by atoms with Crippen LogP contribution < -0.4 is 5.32 Å². The Hall–Kier alpha value is -1.69. The molecule has 1 amide bonds. The number of amides is 1. The molecule has 0 radical (unpaired) electrons. The Morgan fingerprint density at radius 3 is 2.45 bits per heavy atom. The van der Waals surface area contributed by atoms with Gasteiger partial charge in [-0.1, -0.05) is 18.2 Å². The molecule has 2 N–H and O–H groups in total. The number of halogens is 2. The monoisotopic (exact) mass is 287 g/mol. The number of hydrogen-bond donors (Lipinski definition) is 2. The van der Waals surface area contributed by atoms with Gasteiger partial charge in [-0.2, -0.15) is 0 Å². The van der Waals surface area contributed by atoms with Gasteiger partial charge < -0.3 is 15.2 Å². The first kappa shape index (κ1) is 16.4. The summed E-state index contributed by atoms with van der Waals surface area (Å²) in [6.07, 6.45) is -3.31. The maximum Gasteiger partial charge on any atom is 0.408 e. The summed E-state index contributed by atoms with van der Waals surface area (Å²) in [5, 5.41) is 11.7. The van der Waals surface area contributed by atoms with Gasteiger partial charge in [0.05, 0.1) is 12.6 Å². The molecule has 1 unspecified atom stereocenters. The van der Waals surface area contributed by atoms with Crippen LogP contribution in [0.25, 0.3) is 0 Å². The summed E-state index contributed by atoms with van der Waals surface area (Å²) in [6, 6.07) is 4.77. The smallest absolute Gasteiger partial charge is 0.408 e. The van der Waals surface area contributed by atoms with Crippen molar-refractivity contribution >= 4 is 6.09 Å². The van der Waals surface area contributed by atoms with Crippen LogP contribution in [0.1, 0.15) is 44.4 Å². The quantitative estimate of drug-likeness (QED) is 0.894. The molecule has 0 aliphatic carbocycles. The van der Waals surface area contributed by atoms with E-state index in [9.17, 15) is 18.7 Å². The molecule has 4 nitrogen and oxygen atoms in total. The van der Waals surface area contributed by atoms with Gasteiger partial charge in [0.15, 0.2) is 0 Å². The van der Waals surface area contributed by atoms with Crippen molar-refractivity contribution in [1.29, 1.82) is 0 Å². The highest BCUT2D eigenvalue weighted by Gasteiger charge is 2.20. The van der Waals surface area contributed by atoms with Crippen LogP contribution in [0.15, 0.2) is 24.3 Å². The predicted octanol–water partition coefficient (Wildman–Crippen LogP) is 3.18. The first-order valence-corrected chi connectivity index (χ1v) is 6.21. The standard InChI is InChI=1S/C14H19F2NO3/c1-14(2,3)20-13(19)17-11(8-18)9-5-4-6-10(7-9)12(15)16/h4-7,11-12,18H,8H2,1-3H3,(H,17,19). The number of ether oxygens (including phenoxy) is 1. The number of aliphatic hydroxyl groups is 1. The molecule has 1 aromatic rings. The Balaban J connectivity index is 2.81. The molecule has 0 spiro atoms. The second-order valence-electron chi connectivity index (χ2n) is 5.35. The van der Waals surface area contributed by atoms with E-state index in [4.69, 9.17) is 4.74 Å². The second kappa shape index (κ2) is 6.65. The Labute approximate surface area is 116 Å². The van der Waals surface area contributed by atoms with Crippen LogP contribution in [0.3, 0.4) is 0 Å². The normalized spacial score (nSPS) is 13.2. The van der Waals surface area contributed by atoms with Crippen LogP contribution in [0.4, 0.5) is 13.6 Å². The Kier molecular flexibility index (Phi) is 5.44. The number of rotatable bonds is 4. The predicted molar refractivity (Wildman–Crippen MR) is 70.6 cm³/mol. The van der Waals surface area contributed by atoms with E-state index in [0.29, 0.717) is 5.56 Å². The second-order valence-corrected chi connectivity index (χ2v) is 5.35. The third-order valence-electron chi connectivity index (χ3n) is 2.44. The molecule has 0 fully saturated rings. The fourth-order valence-corrected chi connectivity index (χ4v) is 1.60. The minimum absolute atomic E-state index is 0.160. The summed E-state index contributed by atoms with van der Waals surface area (Å²) >= 11 is 0. The van der Waals surface area contributed by atoms with E-state index >= 15 is 0 Å². The number of carbonyl (C=O) groups is 1. The van der Waals surface area contributed by atoms with E-state index in [1.807, 2.05) is 0 Å². The van der Waals surface area contributed by atoms with Crippen molar-refractivity contribution in [3.05, 3.63) is 35.4 Å². The Morgan fingerprint density at radius 1 is 1.35 bits per heavy atom. The van der Waals surface area contributed by atoms with Crippen molar-refractivity contribution < 1.29 is 23.4 Å². The zero-order valence-electron chi connectivity index (χ0n) is 11.7. The SMILES string of the molecule is CC(C)(C)OC(=O)NC(CO)c1cccc(C(F)F)c1. The summed E-state index contributed by atoms with van der Waals surface area (Å²) in [4.78, 5) is 11.6. The molecule has 0 bridgehead atoms. The van der Waals surface area contributed by atoms with Gasteiger partial charge in [0.25, 0.3) is 6.43 Å². The lowest BCUT2D eigenvalue weighted by atomic mass is 10.0. The van der Waals surface area contributed by atoms with Crippen LogP contribution in [-0.2, 0) is 4.74 Å². The topological polar surface area (TPSA) is 58.6 Å². The largest absolute Gasteiger partial charge is 0.444 e. The molecule has 1 atom stereocenters. The number of alkyl halides is 2. The number of carbonyl (C=O) groups excluding carboxylic acids is 1. The molecule has 1 aromatic carbocycles. The molecule has 0 saturated carbocycles. The van der Waals surface area contributed by atoms with Crippen LogP contribution >= 0.6 is 0 Å². The van der Waals surface area contributed by atoms with E-state index in [0.717, 1.165) is 0 Å². The van der Waals surface area contributed by atoms with Crippen molar-refractivity contribution in [2.24, 2.45) is 0 Å². The average molecular weight is 287 g/mol. The average Bonchev–Trinajstić information content (AvgIpc) is 2.34. The van der Waals surface area contributed by atoms with E-state index in [1.165, 1.54) is 18.2 Å². The van der Waals surface area contributed by atoms with Gasteiger partial charge in [-0.15, -0.1) is 0 Å². The van der Waals surface area contributed by atoms with Crippen LogP contribution in [0.5, 0.6) is 0 Å². The Morgan fingerprint density at radius 2 is 1.95 bits per heavy atom. The highest BCUT2D eigenvalue weighted by atomic mass is 19.3. The maximum absolute atomic E-state index is 12.6. The highest BCUT2D eigenvalue weighted by molar-refractivity contribution is 5.68. The molecule has 0 saturated heterocycles. The number of benzene rings is 1. The van der Waals surface area contributed by atoms with Gasteiger partial charge in [-0.05, 0) is 32.4 Å². The van der Waals surface area contributed by atoms with Crippen molar-refractivity contribution in [3.63, 3.8) is 0 Å². The third kappa shape index (κ3) is 5.13. The van der Waals surface area contributed by atoms with Crippen molar-refractivity contribution in [2.45, 2.75) is 38.8 Å². The maximum atomic E-state index is 12.6. The zero-order chi connectivity index (χ0) is 15.3. The van der Waals surface area contributed by atoms with Gasteiger partial charge in [0, 0.05) is 5.56 Å². The van der Waals surface area contributed by atoms with E-state index in [2.05, 4.69) is 5.32 Å². The zero-order valence-corrected chi connectivity index (χ0v) is 11.7. The molecule has 0 aromatic heterocycles. The molecule has 0 heterocycles. The van der Waals surface area contributed by atoms with Crippen LogP contribution in [0.2, 0.25) is 0 Å². The van der Waals surface area contributed by atoms with E-state index < -0.39 is 30.8 Å². The minimum atomic E-state index is -2.60. The third-order valence-corrected chi connectivity index (χ3v) is 2.44. The molecule has 112 valence electrons. The molecule has 0 aliphatic rings. The van der Waals surface area contributed by atoms with Gasteiger partial charge in [-0.3, -0.25) is 0 Å². The number of nitrogens with one attached hydrogen (secondary N) is 1. The van der Waals surface area contributed by atoms with Crippen molar-refractivity contribution in [1.82, 2.24) is 5.32 Å². The number of hydrogen-bond acceptors (Lipinski definition) is 3. The van der Waals surface area contributed by atoms with E-state index in [1.54, 1.807) is 26.8 Å². The molecule has 20 heavy (non-hydrogen) atoms. The highest BCUT2D eigenvalue weighted by Crippen LogP contribution is 2.22. The molecule has 1 rings (SSSR count). The summed E-state index contributed by atoms with van der Waals surface area (Å²) in [5.74, 6) is 0. The summed E-state index contributed by atoms with van der Waals surface area (Å²) in [7, 11) is 0. The minimum Gasteiger partial charge on any atom is -0.444 e. The van der Waals surface area contributed by atoms with Gasteiger partial charge >= 0.3 is 6.09 Å². The van der Waals surface area contributed by atoms with Crippen molar-refractivity contribution in [2.75, 3.05) is 6.61 Å². The lowest BCUT2D eigenvalue weighted by molar-refractivity contribution is 0.0482. The van der Waals surface area contributed by atoms with Crippen molar-refractivity contribution in [3.8, 4) is 0 Å². The summed E-state index contributed by atoms with van der Waals surface area (Å²) in [6.45, 7) is 4.71. The molecular weight excluding hydrogens is 268 g/mol. The lowest BCUT2D eigenvalue weighted by Crippen LogP contribution is -2.36. The number of alkyl carbamates (subject to hydrolysis) is 1. The summed E-state index contributed by atoms with van der Waals surface area (Å²) in [5.41, 5.74) is -0.433. The first-order valence-electron chi connectivity index (χ1n) is 6.21.